The lowest BCUT2D eigenvalue weighted by atomic mass is 9.92. The maximum atomic E-state index is 13.1. The molecule has 1 unspecified atom stereocenters. The normalized spacial score (nSPS) is 19.0. The van der Waals surface area contributed by atoms with Gasteiger partial charge >= 0.3 is 6.03 Å². The monoisotopic (exact) mass is 391 g/mol. The molecule has 0 aromatic heterocycles. The molecular weight excluding hydrogens is 361 g/mol. The lowest BCUT2D eigenvalue weighted by Crippen LogP contribution is -2.43. The number of carbonyl (C=O) groups excluding carboxylic acids is 3. The number of nitrogens with one attached hydrogen (secondary N) is 2. The number of imide groups is 1. The average Bonchev–Trinajstić information content (AvgIpc) is 2.88. The van der Waals surface area contributed by atoms with Crippen LogP contribution >= 0.6 is 0 Å². The standard InChI is InChI=1S/C21H30FN3O3/c1-3-4-5-6-7-8-9-14-23-18(26)15-25-19(27)21(2,24-20(25)28)16-10-12-17(22)13-11-16/h10-13H,3-9,14-15H2,1-2H3,(H,23,26)(H,24,28). The zero-order valence-electron chi connectivity index (χ0n) is 16.7. The van der Waals surface area contributed by atoms with E-state index in [9.17, 15) is 18.8 Å². The van der Waals surface area contributed by atoms with Crippen LogP contribution in [0.4, 0.5) is 9.18 Å². The van der Waals surface area contributed by atoms with Crippen LogP contribution in [0.3, 0.4) is 0 Å². The average molecular weight is 391 g/mol. The van der Waals surface area contributed by atoms with Crippen molar-refractivity contribution >= 4 is 17.8 Å². The Bertz CT molecular complexity index is 693. The number of unbranched alkanes of at least 4 members (excludes halogenated alkanes) is 6. The molecule has 1 aromatic carbocycles. The van der Waals surface area contributed by atoms with E-state index >= 15 is 0 Å². The molecule has 1 fully saturated rings. The molecule has 1 atom stereocenters. The summed E-state index contributed by atoms with van der Waals surface area (Å²) in [4.78, 5) is 38.0. The van der Waals surface area contributed by atoms with E-state index in [0.717, 1.165) is 24.2 Å². The van der Waals surface area contributed by atoms with Gasteiger partial charge in [-0.3, -0.25) is 14.5 Å². The van der Waals surface area contributed by atoms with Gasteiger partial charge in [0.05, 0.1) is 0 Å². The minimum absolute atomic E-state index is 0.321. The summed E-state index contributed by atoms with van der Waals surface area (Å²) < 4.78 is 13.1. The van der Waals surface area contributed by atoms with Gasteiger partial charge in [-0.15, -0.1) is 0 Å². The molecule has 0 saturated carbocycles. The molecule has 0 bridgehead atoms. The largest absolute Gasteiger partial charge is 0.355 e. The molecule has 0 spiro atoms. The van der Waals surface area contributed by atoms with Crippen LogP contribution in [0.25, 0.3) is 0 Å². The Morgan fingerprint density at radius 1 is 1.07 bits per heavy atom. The van der Waals surface area contributed by atoms with Crippen LogP contribution in [-0.2, 0) is 15.1 Å². The van der Waals surface area contributed by atoms with Crippen molar-refractivity contribution in [3.8, 4) is 0 Å². The van der Waals surface area contributed by atoms with Crippen molar-refractivity contribution in [3.63, 3.8) is 0 Å². The summed E-state index contributed by atoms with van der Waals surface area (Å²) in [6.07, 6.45) is 8.03. The number of hydrogen-bond acceptors (Lipinski definition) is 3. The highest BCUT2D eigenvalue weighted by Crippen LogP contribution is 2.28. The van der Waals surface area contributed by atoms with E-state index in [0.29, 0.717) is 12.1 Å². The highest BCUT2D eigenvalue weighted by Gasteiger charge is 2.49. The first-order valence-electron chi connectivity index (χ1n) is 10.1. The van der Waals surface area contributed by atoms with Crippen LogP contribution in [0.2, 0.25) is 0 Å². The lowest BCUT2D eigenvalue weighted by molar-refractivity contribution is -0.134. The van der Waals surface area contributed by atoms with Crippen molar-refractivity contribution in [1.29, 1.82) is 0 Å². The molecule has 6 nitrogen and oxygen atoms in total. The molecule has 1 heterocycles. The minimum Gasteiger partial charge on any atom is -0.355 e. The van der Waals surface area contributed by atoms with Gasteiger partial charge < -0.3 is 10.6 Å². The maximum absolute atomic E-state index is 13.1. The van der Waals surface area contributed by atoms with Gasteiger partial charge in [-0.1, -0.05) is 57.6 Å². The molecule has 28 heavy (non-hydrogen) atoms. The van der Waals surface area contributed by atoms with Crippen LogP contribution in [0, 0.1) is 5.82 Å². The first kappa shape index (κ1) is 21.9. The molecule has 2 N–H and O–H groups in total. The molecule has 0 radical (unpaired) electrons. The van der Waals surface area contributed by atoms with Gasteiger partial charge in [-0.05, 0) is 31.0 Å². The Balaban J connectivity index is 1.79. The second kappa shape index (κ2) is 10.2. The van der Waals surface area contributed by atoms with E-state index in [1.165, 1.54) is 49.9 Å². The van der Waals surface area contributed by atoms with E-state index in [-0.39, 0.29) is 12.5 Å². The third-order valence-electron chi connectivity index (χ3n) is 5.10. The number of benzene rings is 1. The fourth-order valence-corrected chi connectivity index (χ4v) is 3.33. The first-order valence-corrected chi connectivity index (χ1v) is 10.1. The first-order chi connectivity index (χ1) is 13.4. The topological polar surface area (TPSA) is 78.5 Å². The molecule has 1 aliphatic rings. The lowest BCUT2D eigenvalue weighted by Gasteiger charge is -2.22. The third-order valence-corrected chi connectivity index (χ3v) is 5.10. The summed E-state index contributed by atoms with van der Waals surface area (Å²) in [6.45, 7) is 3.95. The zero-order chi connectivity index (χ0) is 20.6. The molecule has 2 rings (SSSR count). The Kier molecular flexibility index (Phi) is 7.96. The van der Waals surface area contributed by atoms with Gasteiger partial charge in [-0.25, -0.2) is 9.18 Å². The highest BCUT2D eigenvalue weighted by molar-refractivity contribution is 6.09. The zero-order valence-corrected chi connectivity index (χ0v) is 16.7. The van der Waals surface area contributed by atoms with E-state index in [2.05, 4.69) is 17.6 Å². The quantitative estimate of drug-likeness (QED) is 0.448. The van der Waals surface area contributed by atoms with E-state index < -0.39 is 23.3 Å². The van der Waals surface area contributed by atoms with Crippen LogP contribution in [0.15, 0.2) is 24.3 Å². The summed E-state index contributed by atoms with van der Waals surface area (Å²) in [5.74, 6) is -1.31. The van der Waals surface area contributed by atoms with Crippen LogP contribution < -0.4 is 10.6 Å². The van der Waals surface area contributed by atoms with Crippen molar-refractivity contribution in [2.75, 3.05) is 13.1 Å². The Morgan fingerprint density at radius 3 is 2.32 bits per heavy atom. The second-order valence-electron chi connectivity index (χ2n) is 7.42. The third kappa shape index (κ3) is 5.53. The highest BCUT2D eigenvalue weighted by atomic mass is 19.1. The molecule has 1 saturated heterocycles. The number of rotatable bonds is 11. The summed E-state index contributed by atoms with van der Waals surface area (Å²) in [5.41, 5.74) is -0.831. The molecule has 4 amide bonds. The van der Waals surface area contributed by atoms with Gasteiger partial charge in [0.15, 0.2) is 0 Å². The molecule has 0 aliphatic carbocycles. The molecule has 154 valence electrons. The molecule has 7 heteroatoms. The predicted molar refractivity (Wildman–Crippen MR) is 105 cm³/mol. The van der Waals surface area contributed by atoms with Gasteiger partial charge in [0.1, 0.15) is 17.9 Å². The van der Waals surface area contributed by atoms with Crippen molar-refractivity contribution in [3.05, 3.63) is 35.6 Å². The van der Waals surface area contributed by atoms with Crippen LogP contribution in [0.1, 0.15) is 64.4 Å². The summed E-state index contributed by atoms with van der Waals surface area (Å²) in [5, 5.41) is 5.37. The number of halogens is 1. The maximum Gasteiger partial charge on any atom is 0.325 e. The van der Waals surface area contributed by atoms with Gasteiger partial charge in [-0.2, -0.15) is 0 Å². The number of amides is 4. The minimum atomic E-state index is -1.30. The van der Waals surface area contributed by atoms with Crippen LogP contribution in [0.5, 0.6) is 0 Å². The van der Waals surface area contributed by atoms with Crippen molar-refractivity contribution < 1.29 is 18.8 Å². The van der Waals surface area contributed by atoms with E-state index in [4.69, 9.17) is 0 Å². The fourth-order valence-electron chi connectivity index (χ4n) is 3.33. The van der Waals surface area contributed by atoms with Crippen molar-refractivity contribution in [1.82, 2.24) is 15.5 Å². The number of carbonyl (C=O) groups is 3. The molecule has 1 aromatic rings. The Hall–Kier alpha value is -2.44. The number of nitrogens with zero attached hydrogens (tertiary/aromatic N) is 1. The Morgan fingerprint density at radius 2 is 1.68 bits per heavy atom. The van der Waals surface area contributed by atoms with Gasteiger partial charge in [0, 0.05) is 6.54 Å². The number of hydrogen-bond donors (Lipinski definition) is 2. The summed E-state index contributed by atoms with van der Waals surface area (Å²) in [6, 6.07) is 4.76. The van der Waals surface area contributed by atoms with Crippen molar-refractivity contribution in [2.24, 2.45) is 0 Å². The smallest absolute Gasteiger partial charge is 0.325 e. The fraction of sp³-hybridized carbons (Fsp3) is 0.571. The SMILES string of the molecule is CCCCCCCCCNC(=O)CN1C(=O)NC(C)(c2ccc(F)cc2)C1=O. The summed E-state index contributed by atoms with van der Waals surface area (Å²) in [7, 11) is 0. The second-order valence-corrected chi connectivity index (χ2v) is 7.42. The van der Waals surface area contributed by atoms with Gasteiger partial charge in [0.2, 0.25) is 5.91 Å². The van der Waals surface area contributed by atoms with E-state index in [1.807, 2.05) is 0 Å². The predicted octanol–water partition coefficient (Wildman–Crippen LogP) is 3.46. The van der Waals surface area contributed by atoms with Crippen LogP contribution in [-0.4, -0.2) is 35.8 Å². The van der Waals surface area contributed by atoms with E-state index in [1.54, 1.807) is 6.92 Å². The molecular formula is C21H30FN3O3. The van der Waals surface area contributed by atoms with Gasteiger partial charge in [0.25, 0.3) is 5.91 Å². The number of urea groups is 1. The molecule has 1 aliphatic heterocycles. The Labute approximate surface area is 165 Å². The van der Waals surface area contributed by atoms with Crippen molar-refractivity contribution in [2.45, 2.75) is 64.3 Å². The summed E-state index contributed by atoms with van der Waals surface area (Å²) >= 11 is 0.